The minimum Gasteiger partial charge on any atom is -0.312 e. The van der Waals surface area contributed by atoms with E-state index in [1.807, 2.05) is 23.0 Å². The topological polar surface area (TPSA) is 9.23 Å². The third-order valence-electron chi connectivity index (χ3n) is 1.46. The molecule has 0 spiro atoms. The Balaban J connectivity index is 3.09. The zero-order chi connectivity index (χ0) is 7.11. The van der Waals surface area contributed by atoms with Crippen LogP contribution in [0.2, 0.25) is 0 Å². The molecule has 0 heterocycles. The maximum atomic E-state index is 5.17. The van der Waals surface area contributed by atoms with Gasteiger partial charge >= 0.3 is 0 Å². The van der Waals surface area contributed by atoms with Crippen molar-refractivity contribution in [2.45, 2.75) is 45.6 Å². The van der Waals surface area contributed by atoms with Crippen molar-refractivity contribution in [2.24, 2.45) is 0 Å². The van der Waals surface area contributed by atoms with Crippen molar-refractivity contribution >= 4 is 23.0 Å². The van der Waals surface area contributed by atoms with Crippen molar-refractivity contribution in [3.05, 3.63) is 0 Å². The molecule has 0 saturated carbocycles. The van der Waals surface area contributed by atoms with E-state index < -0.39 is 0 Å². The first-order valence-corrected chi connectivity index (χ1v) is 4.50. The second-order valence-electron chi connectivity index (χ2n) is 2.26. The summed E-state index contributed by atoms with van der Waals surface area (Å²) in [6, 6.07) is 0. The van der Waals surface area contributed by atoms with Crippen LogP contribution in [-0.4, -0.2) is 6.10 Å². The van der Waals surface area contributed by atoms with Crippen LogP contribution in [0.4, 0.5) is 0 Å². The normalized spacial score (nSPS) is 13.7. The molecule has 0 saturated heterocycles. The summed E-state index contributed by atoms with van der Waals surface area (Å²) in [6.07, 6.45) is 5.42. The van der Waals surface area contributed by atoms with E-state index in [1.54, 1.807) is 0 Å². The highest BCUT2D eigenvalue weighted by molar-refractivity contribution is 14.1. The van der Waals surface area contributed by atoms with Crippen molar-refractivity contribution < 1.29 is 3.07 Å². The highest BCUT2D eigenvalue weighted by Gasteiger charge is 2.02. The van der Waals surface area contributed by atoms with Crippen molar-refractivity contribution in [3.63, 3.8) is 0 Å². The van der Waals surface area contributed by atoms with E-state index in [4.69, 9.17) is 3.07 Å². The second-order valence-corrected chi connectivity index (χ2v) is 2.77. The van der Waals surface area contributed by atoms with E-state index in [0.717, 1.165) is 6.42 Å². The molecule has 0 radical (unpaired) electrons. The fourth-order valence-corrected chi connectivity index (χ4v) is 1.36. The van der Waals surface area contributed by atoms with E-state index in [9.17, 15) is 0 Å². The molecule has 0 N–H and O–H groups in total. The summed E-state index contributed by atoms with van der Waals surface area (Å²) in [5.74, 6) is 0. The van der Waals surface area contributed by atoms with Crippen molar-refractivity contribution in [2.75, 3.05) is 0 Å². The van der Waals surface area contributed by atoms with Crippen molar-refractivity contribution in [3.8, 4) is 0 Å². The zero-order valence-corrected chi connectivity index (χ0v) is 8.35. The number of hydrogen-bond donors (Lipinski definition) is 0. The first-order valence-electron chi connectivity index (χ1n) is 3.62. The van der Waals surface area contributed by atoms with Gasteiger partial charge in [-0.05, 0) is 12.8 Å². The smallest absolute Gasteiger partial charge is 0.110 e. The Morgan fingerprint density at radius 3 is 2.44 bits per heavy atom. The molecule has 1 nitrogen and oxygen atoms in total. The van der Waals surface area contributed by atoms with Gasteiger partial charge < -0.3 is 3.07 Å². The molecule has 56 valence electrons. The van der Waals surface area contributed by atoms with E-state index in [2.05, 4.69) is 13.8 Å². The van der Waals surface area contributed by atoms with Gasteiger partial charge in [-0.1, -0.05) is 26.7 Å². The fourth-order valence-electron chi connectivity index (χ4n) is 0.743. The van der Waals surface area contributed by atoms with E-state index in [-0.39, 0.29) is 0 Å². The van der Waals surface area contributed by atoms with Crippen LogP contribution in [0.5, 0.6) is 0 Å². The van der Waals surface area contributed by atoms with Crippen LogP contribution in [0.1, 0.15) is 39.5 Å². The molecule has 2 heteroatoms. The summed E-state index contributed by atoms with van der Waals surface area (Å²) in [4.78, 5) is 0. The predicted molar refractivity (Wildman–Crippen MR) is 48.7 cm³/mol. The summed E-state index contributed by atoms with van der Waals surface area (Å²) in [6.45, 7) is 4.37. The van der Waals surface area contributed by atoms with E-state index in [0.29, 0.717) is 6.10 Å². The Bertz CT molecular complexity index is 52.9. The van der Waals surface area contributed by atoms with Gasteiger partial charge in [0, 0.05) is 0 Å². The van der Waals surface area contributed by atoms with Crippen LogP contribution >= 0.6 is 23.0 Å². The van der Waals surface area contributed by atoms with Gasteiger partial charge in [0.1, 0.15) is 23.0 Å². The van der Waals surface area contributed by atoms with E-state index in [1.165, 1.54) is 19.3 Å². The first kappa shape index (κ1) is 9.69. The van der Waals surface area contributed by atoms with Gasteiger partial charge in [0.25, 0.3) is 0 Å². The minimum absolute atomic E-state index is 0.491. The number of hydrogen-bond acceptors (Lipinski definition) is 1. The molecule has 0 aromatic rings. The lowest BCUT2D eigenvalue weighted by Crippen LogP contribution is -2.04. The Morgan fingerprint density at radius 2 is 2.11 bits per heavy atom. The van der Waals surface area contributed by atoms with Crippen LogP contribution in [0.3, 0.4) is 0 Å². The molecular formula is C7H15IO. The molecule has 0 aliphatic carbocycles. The van der Waals surface area contributed by atoms with Gasteiger partial charge in [-0.25, -0.2) is 0 Å². The van der Waals surface area contributed by atoms with E-state index >= 15 is 0 Å². The molecule has 0 aromatic carbocycles. The third-order valence-corrected chi connectivity index (χ3v) is 2.18. The maximum Gasteiger partial charge on any atom is 0.110 e. The van der Waals surface area contributed by atoms with Crippen LogP contribution in [0.25, 0.3) is 0 Å². The molecule has 0 amide bonds. The van der Waals surface area contributed by atoms with Gasteiger partial charge in [-0.2, -0.15) is 0 Å². The molecule has 0 aliphatic rings. The molecule has 0 rings (SSSR count). The second kappa shape index (κ2) is 6.81. The predicted octanol–water partition coefficient (Wildman–Crippen LogP) is 3.32. The lowest BCUT2D eigenvalue weighted by molar-refractivity contribution is 0.255. The summed E-state index contributed by atoms with van der Waals surface area (Å²) < 4.78 is 5.17. The largest absolute Gasteiger partial charge is 0.312 e. The van der Waals surface area contributed by atoms with Gasteiger partial charge in [0.05, 0.1) is 6.10 Å². The molecule has 0 fully saturated rings. The number of rotatable bonds is 5. The zero-order valence-electron chi connectivity index (χ0n) is 6.19. The average molecular weight is 242 g/mol. The van der Waals surface area contributed by atoms with Gasteiger partial charge in [0.2, 0.25) is 0 Å². The van der Waals surface area contributed by atoms with Crippen LogP contribution in [0.15, 0.2) is 0 Å². The minimum atomic E-state index is 0.491. The molecule has 0 aliphatic heterocycles. The first-order chi connectivity index (χ1) is 4.35. The van der Waals surface area contributed by atoms with Gasteiger partial charge in [-0.15, -0.1) is 0 Å². The van der Waals surface area contributed by atoms with Crippen LogP contribution in [-0.2, 0) is 3.07 Å². The molecule has 9 heavy (non-hydrogen) atoms. The number of halogens is 1. The quantitative estimate of drug-likeness (QED) is 0.672. The SMILES string of the molecule is CCCCC(CC)OI. The standard InChI is InChI=1S/C7H15IO/c1-3-5-6-7(4-2)9-8/h7H,3-6H2,1-2H3. The van der Waals surface area contributed by atoms with Crippen LogP contribution < -0.4 is 0 Å². The summed E-state index contributed by atoms with van der Waals surface area (Å²) >= 11 is 1.99. The average Bonchev–Trinajstić information content (AvgIpc) is 1.91. The Kier molecular flexibility index (Phi) is 7.33. The Labute approximate surface area is 71.9 Å². The number of unbranched alkanes of at least 4 members (excludes halogenated alkanes) is 1. The highest BCUT2D eigenvalue weighted by Crippen LogP contribution is 2.10. The summed E-state index contributed by atoms with van der Waals surface area (Å²) in [7, 11) is 0. The van der Waals surface area contributed by atoms with Gasteiger partial charge in [0.15, 0.2) is 0 Å². The molecular weight excluding hydrogens is 227 g/mol. The van der Waals surface area contributed by atoms with Crippen molar-refractivity contribution in [1.29, 1.82) is 0 Å². The summed E-state index contributed by atoms with van der Waals surface area (Å²) in [5, 5.41) is 0. The molecule has 1 atom stereocenters. The van der Waals surface area contributed by atoms with Crippen molar-refractivity contribution in [1.82, 2.24) is 0 Å². The van der Waals surface area contributed by atoms with Crippen LogP contribution in [0, 0.1) is 0 Å². The highest BCUT2D eigenvalue weighted by atomic mass is 127. The fraction of sp³-hybridized carbons (Fsp3) is 1.00. The molecule has 0 aromatic heterocycles. The molecule has 0 bridgehead atoms. The third kappa shape index (κ3) is 5.15. The lowest BCUT2D eigenvalue weighted by atomic mass is 10.1. The monoisotopic (exact) mass is 242 g/mol. The Hall–Kier alpha value is 0.690. The summed E-state index contributed by atoms with van der Waals surface area (Å²) in [5.41, 5.74) is 0. The van der Waals surface area contributed by atoms with Gasteiger partial charge in [-0.3, -0.25) is 0 Å². The maximum absolute atomic E-state index is 5.17. The Morgan fingerprint density at radius 1 is 1.44 bits per heavy atom. The lowest BCUT2D eigenvalue weighted by Gasteiger charge is -2.08. The molecule has 1 unspecified atom stereocenters.